The minimum absolute atomic E-state index is 0.726. The van der Waals surface area contributed by atoms with Crippen LogP contribution in [0.1, 0.15) is 56.6 Å². The van der Waals surface area contributed by atoms with Gasteiger partial charge in [0.15, 0.2) is 0 Å². The Labute approximate surface area is 142 Å². The molecule has 2 rings (SSSR count). The van der Waals surface area contributed by atoms with Crippen molar-refractivity contribution in [2.24, 2.45) is 11.8 Å². The highest BCUT2D eigenvalue weighted by atomic mass is 16.5. The molecule has 1 aromatic carbocycles. The van der Waals surface area contributed by atoms with Crippen LogP contribution in [0.3, 0.4) is 0 Å². The molecule has 0 bridgehead atoms. The van der Waals surface area contributed by atoms with Gasteiger partial charge in [0.2, 0.25) is 0 Å². The van der Waals surface area contributed by atoms with E-state index in [-0.39, 0.29) is 0 Å². The van der Waals surface area contributed by atoms with Crippen LogP contribution >= 0.6 is 0 Å². The van der Waals surface area contributed by atoms with Crippen molar-refractivity contribution in [2.75, 3.05) is 6.61 Å². The van der Waals surface area contributed by atoms with E-state index in [1.165, 1.54) is 49.7 Å². The first-order valence-corrected chi connectivity index (χ1v) is 9.21. The van der Waals surface area contributed by atoms with Crippen molar-refractivity contribution in [3.8, 4) is 0 Å². The van der Waals surface area contributed by atoms with Crippen LogP contribution in [0, 0.1) is 11.8 Å². The fourth-order valence-electron chi connectivity index (χ4n) is 3.39. The van der Waals surface area contributed by atoms with E-state index >= 15 is 0 Å². The lowest BCUT2D eigenvalue weighted by atomic mass is 9.79. The van der Waals surface area contributed by atoms with Gasteiger partial charge in [0, 0.05) is 0 Å². The van der Waals surface area contributed by atoms with Gasteiger partial charge < -0.3 is 4.74 Å². The molecule has 1 fully saturated rings. The number of hydrogen-bond donors (Lipinski definition) is 0. The summed E-state index contributed by atoms with van der Waals surface area (Å²) in [5.41, 5.74) is 2.74. The number of ether oxygens (including phenoxy) is 1. The predicted molar refractivity (Wildman–Crippen MR) is 99.5 cm³/mol. The third kappa shape index (κ3) is 6.74. The van der Waals surface area contributed by atoms with E-state index in [4.69, 9.17) is 4.74 Å². The van der Waals surface area contributed by atoms with Crippen LogP contribution in [-0.4, -0.2) is 6.61 Å². The highest BCUT2D eigenvalue weighted by molar-refractivity contribution is 5.22. The van der Waals surface area contributed by atoms with E-state index in [1.807, 2.05) is 6.92 Å². The summed E-state index contributed by atoms with van der Waals surface area (Å²) in [6.07, 6.45) is 15.4. The van der Waals surface area contributed by atoms with Crippen LogP contribution in [0.2, 0.25) is 0 Å². The molecule has 0 amide bonds. The second-order valence-corrected chi connectivity index (χ2v) is 6.78. The van der Waals surface area contributed by atoms with Gasteiger partial charge in [-0.25, -0.2) is 0 Å². The molecule has 1 nitrogen and oxygen atoms in total. The molecular formula is C22H32O. The van der Waals surface area contributed by atoms with Crippen molar-refractivity contribution in [3.63, 3.8) is 0 Å². The Kier molecular flexibility index (Phi) is 8.17. The van der Waals surface area contributed by atoms with Crippen LogP contribution in [0.4, 0.5) is 0 Å². The zero-order valence-electron chi connectivity index (χ0n) is 14.7. The van der Waals surface area contributed by atoms with Gasteiger partial charge in [0.05, 0.1) is 13.2 Å². The van der Waals surface area contributed by atoms with Gasteiger partial charge in [-0.1, -0.05) is 42.5 Å². The molecule has 0 aromatic heterocycles. The second kappa shape index (κ2) is 10.4. The zero-order chi connectivity index (χ0) is 16.3. The molecule has 0 aliphatic heterocycles. The van der Waals surface area contributed by atoms with Crippen LogP contribution in [0.5, 0.6) is 0 Å². The average molecular weight is 312 g/mol. The minimum atomic E-state index is 0.726. The van der Waals surface area contributed by atoms with Crippen LogP contribution in [0.15, 0.2) is 49.1 Å². The first-order valence-electron chi connectivity index (χ1n) is 9.21. The van der Waals surface area contributed by atoms with Gasteiger partial charge in [-0.15, -0.1) is 6.58 Å². The van der Waals surface area contributed by atoms with Crippen molar-refractivity contribution < 1.29 is 4.74 Å². The van der Waals surface area contributed by atoms with Gasteiger partial charge in [0.25, 0.3) is 0 Å². The molecule has 0 atom stereocenters. The molecule has 0 heterocycles. The van der Waals surface area contributed by atoms with Gasteiger partial charge in [0.1, 0.15) is 0 Å². The quantitative estimate of drug-likeness (QED) is 0.396. The zero-order valence-corrected chi connectivity index (χ0v) is 14.7. The molecule has 0 radical (unpaired) electrons. The van der Waals surface area contributed by atoms with Crippen molar-refractivity contribution in [3.05, 3.63) is 60.2 Å². The number of benzene rings is 1. The third-order valence-electron chi connectivity index (χ3n) is 5.02. The molecule has 23 heavy (non-hydrogen) atoms. The molecule has 0 unspecified atom stereocenters. The molecular weight excluding hydrogens is 280 g/mol. The summed E-state index contributed by atoms with van der Waals surface area (Å²) in [5, 5.41) is 0. The SMILES string of the molecule is C=CC1CCC(CCc2ccc(COCC/C=C/C)cc2)CC1. The largest absolute Gasteiger partial charge is 0.376 e. The molecule has 0 N–H and O–H groups in total. The van der Waals surface area contributed by atoms with E-state index in [0.717, 1.165) is 31.5 Å². The highest BCUT2D eigenvalue weighted by Crippen LogP contribution is 2.32. The van der Waals surface area contributed by atoms with Crippen molar-refractivity contribution >= 4 is 0 Å². The fraction of sp³-hybridized carbons (Fsp3) is 0.545. The lowest BCUT2D eigenvalue weighted by molar-refractivity contribution is 0.125. The Morgan fingerprint density at radius 1 is 1.09 bits per heavy atom. The summed E-state index contributed by atoms with van der Waals surface area (Å²) in [4.78, 5) is 0. The number of hydrogen-bond acceptors (Lipinski definition) is 1. The Morgan fingerprint density at radius 3 is 2.43 bits per heavy atom. The molecule has 126 valence electrons. The lowest BCUT2D eigenvalue weighted by Gasteiger charge is -2.26. The first-order chi connectivity index (χ1) is 11.3. The topological polar surface area (TPSA) is 9.23 Å². The summed E-state index contributed by atoms with van der Waals surface area (Å²) in [5.74, 6) is 1.69. The average Bonchev–Trinajstić information content (AvgIpc) is 2.61. The lowest BCUT2D eigenvalue weighted by Crippen LogP contribution is -2.13. The molecule has 1 aromatic rings. The Balaban J connectivity index is 1.65. The van der Waals surface area contributed by atoms with E-state index < -0.39 is 0 Å². The maximum atomic E-state index is 5.68. The Morgan fingerprint density at radius 2 is 1.78 bits per heavy atom. The van der Waals surface area contributed by atoms with Crippen LogP contribution < -0.4 is 0 Å². The molecule has 1 aliphatic rings. The minimum Gasteiger partial charge on any atom is -0.376 e. The highest BCUT2D eigenvalue weighted by Gasteiger charge is 2.18. The number of aryl methyl sites for hydroxylation is 1. The first kappa shape index (κ1) is 18.0. The van der Waals surface area contributed by atoms with E-state index in [2.05, 4.69) is 49.1 Å². The van der Waals surface area contributed by atoms with Crippen LogP contribution in [0.25, 0.3) is 0 Å². The van der Waals surface area contributed by atoms with Crippen LogP contribution in [-0.2, 0) is 17.8 Å². The second-order valence-electron chi connectivity index (χ2n) is 6.78. The maximum absolute atomic E-state index is 5.68. The Hall–Kier alpha value is -1.34. The fourth-order valence-corrected chi connectivity index (χ4v) is 3.39. The third-order valence-corrected chi connectivity index (χ3v) is 5.02. The van der Waals surface area contributed by atoms with Crippen molar-refractivity contribution in [1.29, 1.82) is 0 Å². The van der Waals surface area contributed by atoms with Gasteiger partial charge >= 0.3 is 0 Å². The Bertz CT molecular complexity index is 463. The van der Waals surface area contributed by atoms with Gasteiger partial charge in [-0.2, -0.15) is 0 Å². The maximum Gasteiger partial charge on any atom is 0.0717 e. The van der Waals surface area contributed by atoms with E-state index in [0.29, 0.717) is 0 Å². The molecule has 0 saturated heterocycles. The van der Waals surface area contributed by atoms with Crippen molar-refractivity contribution in [2.45, 2.75) is 58.5 Å². The monoisotopic (exact) mass is 312 g/mol. The summed E-state index contributed by atoms with van der Waals surface area (Å²) in [6.45, 7) is 7.51. The summed E-state index contributed by atoms with van der Waals surface area (Å²) in [7, 11) is 0. The molecule has 1 heteroatoms. The smallest absolute Gasteiger partial charge is 0.0717 e. The standard InChI is InChI=1S/C22H32O/c1-3-5-6-17-23-18-22-15-13-21(14-16-22)12-11-20-9-7-19(4-2)8-10-20/h3-5,13-16,19-20H,2,6-12,17-18H2,1H3/b5-3+. The van der Waals surface area contributed by atoms with E-state index in [9.17, 15) is 0 Å². The van der Waals surface area contributed by atoms with E-state index in [1.54, 1.807) is 0 Å². The molecule has 0 spiro atoms. The predicted octanol–water partition coefficient (Wildman–Crippen LogP) is 6.09. The van der Waals surface area contributed by atoms with Gasteiger partial charge in [-0.05, 0) is 74.8 Å². The number of allylic oxidation sites excluding steroid dienone is 2. The molecule has 1 aliphatic carbocycles. The molecule has 1 saturated carbocycles. The summed E-state index contributed by atoms with van der Waals surface area (Å²) < 4.78 is 5.68. The summed E-state index contributed by atoms with van der Waals surface area (Å²) >= 11 is 0. The summed E-state index contributed by atoms with van der Waals surface area (Å²) in [6, 6.07) is 9.00. The normalized spacial score (nSPS) is 21.6. The number of rotatable bonds is 9. The van der Waals surface area contributed by atoms with Gasteiger partial charge in [-0.3, -0.25) is 0 Å². The van der Waals surface area contributed by atoms with Crippen molar-refractivity contribution in [1.82, 2.24) is 0 Å².